The lowest BCUT2D eigenvalue weighted by Crippen LogP contribution is -2.45. The minimum atomic E-state index is -0.664. The van der Waals surface area contributed by atoms with Crippen LogP contribution in [0.15, 0.2) is 24.3 Å². The zero-order chi connectivity index (χ0) is 67.0. The molecule has 0 spiro atoms. The molecule has 0 radical (unpaired) electrons. The highest BCUT2D eigenvalue weighted by Crippen LogP contribution is 2.21. The van der Waals surface area contributed by atoms with Crippen LogP contribution in [0, 0.1) is 0 Å². The number of hydrogen-bond donors (Lipinski definition) is 3. The van der Waals surface area contributed by atoms with Gasteiger partial charge in [-0.15, -0.1) is 0 Å². The van der Waals surface area contributed by atoms with Crippen molar-refractivity contribution >= 4 is 11.9 Å². The van der Waals surface area contributed by atoms with Crippen LogP contribution in [0.2, 0.25) is 0 Å². The van der Waals surface area contributed by atoms with E-state index in [9.17, 15) is 19.8 Å². The molecule has 6 nitrogen and oxygen atoms in total. The van der Waals surface area contributed by atoms with E-state index in [1.165, 1.54) is 417 Å². The van der Waals surface area contributed by atoms with Crippen molar-refractivity contribution in [3.63, 3.8) is 0 Å². The van der Waals surface area contributed by atoms with E-state index in [-0.39, 0.29) is 18.5 Å². The van der Waals surface area contributed by atoms with Crippen LogP contribution in [0.3, 0.4) is 0 Å². The van der Waals surface area contributed by atoms with E-state index in [0.29, 0.717) is 25.9 Å². The first-order chi connectivity index (χ1) is 46.0. The fraction of sp³-hybridized carbons (Fsp3) is 0.931. The summed E-state index contributed by atoms with van der Waals surface area (Å²) in [6, 6.07) is -0.541. The number of esters is 1. The standard InChI is InChI=1S/C87H169NO5/c1-3-5-7-9-11-13-15-17-19-21-22-23-24-36-39-42-45-48-51-55-59-63-67-71-75-79-85(90)84(83-89)88-86(91)80-76-72-68-64-60-56-52-49-46-43-40-37-34-32-30-28-26-25-27-29-31-33-35-38-41-44-47-50-54-58-62-66-70-74-78-82-93-87(92)81-77-73-69-65-61-57-53-20-18-16-14-12-10-8-6-4-2/h27,29,33,35,84-85,89-90H,3-26,28,30-32,34,36-83H2,1-2H3,(H,88,91)/b29-27-,35-33-. The van der Waals surface area contributed by atoms with Gasteiger partial charge in [-0.3, -0.25) is 9.59 Å². The number of unbranched alkanes of at least 4 members (excludes halogenated alkanes) is 67. The second kappa shape index (κ2) is 82.8. The highest BCUT2D eigenvalue weighted by atomic mass is 16.5. The molecule has 0 aliphatic rings. The Morgan fingerprint density at radius 1 is 0.301 bits per heavy atom. The van der Waals surface area contributed by atoms with Crippen molar-refractivity contribution in [2.24, 2.45) is 0 Å². The summed E-state index contributed by atoms with van der Waals surface area (Å²) in [6.07, 6.45) is 107. The Kier molecular flexibility index (Phi) is 81.3. The van der Waals surface area contributed by atoms with Crippen molar-refractivity contribution in [3.8, 4) is 0 Å². The van der Waals surface area contributed by atoms with Gasteiger partial charge in [0.25, 0.3) is 0 Å². The number of aliphatic hydroxyl groups excluding tert-OH is 2. The molecule has 552 valence electrons. The molecule has 0 aliphatic carbocycles. The predicted octanol–water partition coefficient (Wildman–Crippen LogP) is 28.8. The SMILES string of the molecule is CCCCCCCCCCCCCCCCCCCCCCCCCCCC(O)C(CO)NC(=O)CCCCCCCCCCCCCCCCCCC/C=C\C/C=C\CCCCCCCCCCCCCOC(=O)CCCCCCCCCCCCCCCCCC. The average molecular weight is 1310 g/mol. The van der Waals surface area contributed by atoms with E-state index in [1.54, 1.807) is 0 Å². The molecule has 2 atom stereocenters. The number of aliphatic hydroxyl groups is 2. The molecule has 0 aromatic carbocycles. The summed E-state index contributed by atoms with van der Waals surface area (Å²) < 4.78 is 5.51. The Bertz CT molecular complexity index is 1460. The minimum Gasteiger partial charge on any atom is -0.466 e. The van der Waals surface area contributed by atoms with Crippen molar-refractivity contribution in [1.82, 2.24) is 5.32 Å². The van der Waals surface area contributed by atoms with Gasteiger partial charge < -0.3 is 20.3 Å². The third-order valence-electron chi connectivity index (χ3n) is 20.5. The first-order valence-corrected chi connectivity index (χ1v) is 43.1. The van der Waals surface area contributed by atoms with Gasteiger partial charge in [0.2, 0.25) is 5.91 Å². The fourth-order valence-corrected chi connectivity index (χ4v) is 14.0. The second-order valence-corrected chi connectivity index (χ2v) is 29.9. The number of carbonyl (C=O) groups excluding carboxylic acids is 2. The molecule has 0 bridgehead atoms. The first kappa shape index (κ1) is 91.3. The van der Waals surface area contributed by atoms with E-state index < -0.39 is 12.1 Å². The van der Waals surface area contributed by atoms with Crippen LogP contribution in [0.25, 0.3) is 0 Å². The lowest BCUT2D eigenvalue weighted by atomic mass is 10.0. The highest BCUT2D eigenvalue weighted by molar-refractivity contribution is 5.76. The Labute approximate surface area is 583 Å². The lowest BCUT2D eigenvalue weighted by Gasteiger charge is -2.22. The number of rotatable bonds is 82. The van der Waals surface area contributed by atoms with Crippen LogP contribution < -0.4 is 5.32 Å². The van der Waals surface area contributed by atoms with E-state index in [2.05, 4.69) is 43.5 Å². The van der Waals surface area contributed by atoms with Crippen molar-refractivity contribution < 1.29 is 24.5 Å². The summed E-state index contributed by atoms with van der Waals surface area (Å²) in [4.78, 5) is 24.7. The maximum Gasteiger partial charge on any atom is 0.305 e. The third kappa shape index (κ3) is 79.2. The molecule has 0 heterocycles. The van der Waals surface area contributed by atoms with Crippen molar-refractivity contribution in [2.45, 2.75) is 508 Å². The summed E-state index contributed by atoms with van der Waals surface area (Å²) in [6.45, 7) is 5.02. The van der Waals surface area contributed by atoms with Gasteiger partial charge in [-0.1, -0.05) is 449 Å². The van der Waals surface area contributed by atoms with Gasteiger partial charge in [-0.25, -0.2) is 0 Å². The maximum atomic E-state index is 12.6. The van der Waals surface area contributed by atoms with Gasteiger partial charge in [-0.2, -0.15) is 0 Å². The zero-order valence-corrected chi connectivity index (χ0v) is 63.5. The van der Waals surface area contributed by atoms with Gasteiger partial charge in [0.1, 0.15) is 0 Å². The number of hydrogen-bond acceptors (Lipinski definition) is 5. The van der Waals surface area contributed by atoms with Gasteiger partial charge in [0.05, 0.1) is 25.4 Å². The monoisotopic (exact) mass is 1310 g/mol. The normalized spacial score (nSPS) is 12.5. The molecule has 0 aromatic rings. The molecule has 1 amide bonds. The predicted molar refractivity (Wildman–Crippen MR) is 412 cm³/mol. The quantitative estimate of drug-likeness (QED) is 0.0320. The molecule has 0 fully saturated rings. The number of ether oxygens (including phenoxy) is 1. The first-order valence-electron chi connectivity index (χ1n) is 43.1. The highest BCUT2D eigenvalue weighted by Gasteiger charge is 2.20. The molecule has 2 unspecified atom stereocenters. The van der Waals surface area contributed by atoms with E-state index in [4.69, 9.17) is 4.74 Å². The van der Waals surface area contributed by atoms with Crippen LogP contribution in [-0.2, 0) is 14.3 Å². The summed E-state index contributed by atoms with van der Waals surface area (Å²) in [5, 5.41) is 23.5. The number of carbonyl (C=O) groups is 2. The molecular weight excluding hydrogens is 1140 g/mol. The second-order valence-electron chi connectivity index (χ2n) is 29.9. The largest absolute Gasteiger partial charge is 0.466 e. The van der Waals surface area contributed by atoms with Crippen LogP contribution in [-0.4, -0.2) is 47.4 Å². The number of nitrogens with one attached hydrogen (secondary N) is 1. The fourth-order valence-electron chi connectivity index (χ4n) is 14.0. The average Bonchev–Trinajstić information content (AvgIpc) is 3.70. The van der Waals surface area contributed by atoms with E-state index >= 15 is 0 Å². The Balaban J connectivity index is 3.36. The summed E-state index contributed by atoms with van der Waals surface area (Å²) in [5.74, 6) is -0.00472. The maximum absolute atomic E-state index is 12.6. The molecule has 0 saturated heterocycles. The topological polar surface area (TPSA) is 95.9 Å². The Hall–Kier alpha value is -1.66. The summed E-state index contributed by atoms with van der Waals surface area (Å²) >= 11 is 0. The number of amides is 1. The van der Waals surface area contributed by atoms with Crippen molar-refractivity contribution in [1.29, 1.82) is 0 Å². The molecule has 0 saturated carbocycles. The molecule has 0 aromatic heterocycles. The van der Waals surface area contributed by atoms with Crippen LogP contribution >= 0.6 is 0 Å². The van der Waals surface area contributed by atoms with Gasteiger partial charge in [0, 0.05) is 12.8 Å². The molecule has 3 N–H and O–H groups in total. The third-order valence-corrected chi connectivity index (χ3v) is 20.5. The van der Waals surface area contributed by atoms with Crippen LogP contribution in [0.5, 0.6) is 0 Å². The van der Waals surface area contributed by atoms with Crippen LogP contribution in [0.1, 0.15) is 495 Å². The van der Waals surface area contributed by atoms with Crippen molar-refractivity contribution in [2.75, 3.05) is 13.2 Å². The van der Waals surface area contributed by atoms with Gasteiger partial charge in [-0.05, 0) is 57.8 Å². The molecule has 93 heavy (non-hydrogen) atoms. The Morgan fingerprint density at radius 3 is 0.817 bits per heavy atom. The van der Waals surface area contributed by atoms with E-state index in [0.717, 1.165) is 44.9 Å². The summed E-state index contributed by atoms with van der Waals surface area (Å²) in [5.41, 5.74) is 0. The van der Waals surface area contributed by atoms with Gasteiger partial charge >= 0.3 is 5.97 Å². The van der Waals surface area contributed by atoms with Crippen molar-refractivity contribution in [3.05, 3.63) is 24.3 Å². The number of allylic oxidation sites excluding steroid dienone is 4. The molecule has 0 rings (SSSR count). The summed E-state index contributed by atoms with van der Waals surface area (Å²) in [7, 11) is 0. The molecular formula is C87H169NO5. The van der Waals surface area contributed by atoms with Gasteiger partial charge in [0.15, 0.2) is 0 Å². The molecule has 0 aliphatic heterocycles. The van der Waals surface area contributed by atoms with Crippen LogP contribution in [0.4, 0.5) is 0 Å². The zero-order valence-electron chi connectivity index (χ0n) is 63.5. The molecule has 6 heteroatoms. The smallest absolute Gasteiger partial charge is 0.305 e. The van der Waals surface area contributed by atoms with E-state index in [1.807, 2.05) is 0 Å². The lowest BCUT2D eigenvalue weighted by molar-refractivity contribution is -0.143. The minimum absolute atomic E-state index is 0.0215. The Morgan fingerprint density at radius 2 is 0.538 bits per heavy atom.